The van der Waals surface area contributed by atoms with Crippen molar-refractivity contribution in [1.29, 1.82) is 0 Å². The van der Waals surface area contributed by atoms with Gasteiger partial charge in [0.2, 0.25) is 0 Å². The fourth-order valence-corrected chi connectivity index (χ4v) is 3.06. The summed E-state index contributed by atoms with van der Waals surface area (Å²) in [5.74, 6) is 0.0947. The van der Waals surface area contributed by atoms with Crippen molar-refractivity contribution >= 4 is 18.0 Å². The Hall–Kier alpha value is -3.81. The molecule has 1 aliphatic rings. The molecule has 1 unspecified atom stereocenters. The Balaban J connectivity index is 1.78. The number of ether oxygens (including phenoxy) is 3. The van der Waals surface area contributed by atoms with Gasteiger partial charge in [-0.15, -0.1) is 0 Å². The van der Waals surface area contributed by atoms with Crippen LogP contribution in [-0.2, 0) is 20.9 Å². The van der Waals surface area contributed by atoms with E-state index in [4.69, 9.17) is 14.2 Å². The molecule has 2 aromatic rings. The second-order valence-electron chi connectivity index (χ2n) is 6.66. The average Bonchev–Trinajstić information content (AvgIpc) is 2.72. The van der Waals surface area contributed by atoms with E-state index in [1.54, 1.807) is 62.6 Å². The highest BCUT2D eigenvalue weighted by atomic mass is 16.5. The molecule has 3 rings (SSSR count). The van der Waals surface area contributed by atoms with E-state index in [-0.39, 0.29) is 6.61 Å². The van der Waals surface area contributed by atoms with E-state index in [0.717, 1.165) is 5.56 Å². The Labute approximate surface area is 173 Å². The predicted octanol–water partition coefficient (Wildman–Crippen LogP) is 2.99. The summed E-state index contributed by atoms with van der Waals surface area (Å²) in [6.07, 6.45) is 0. The summed E-state index contributed by atoms with van der Waals surface area (Å²) in [4.78, 5) is 35.9. The Bertz CT molecular complexity index is 980. The highest BCUT2D eigenvalue weighted by Gasteiger charge is 2.32. The lowest BCUT2D eigenvalue weighted by Gasteiger charge is -2.28. The molecule has 0 fully saturated rings. The number of hydrogen-bond acceptors (Lipinski definition) is 6. The molecular weight excluding hydrogens is 388 g/mol. The summed E-state index contributed by atoms with van der Waals surface area (Å²) in [6, 6.07) is 12.6. The highest BCUT2D eigenvalue weighted by Crippen LogP contribution is 2.29. The normalized spacial score (nSPS) is 15.7. The van der Waals surface area contributed by atoms with Crippen LogP contribution in [0.3, 0.4) is 0 Å². The van der Waals surface area contributed by atoms with Gasteiger partial charge in [0.25, 0.3) is 0 Å². The molecule has 1 heterocycles. The van der Waals surface area contributed by atoms with Crippen molar-refractivity contribution in [2.45, 2.75) is 26.5 Å². The topological polar surface area (TPSA) is 103 Å². The first-order valence-electron chi connectivity index (χ1n) is 9.24. The van der Waals surface area contributed by atoms with Crippen LogP contribution in [0.25, 0.3) is 0 Å². The van der Waals surface area contributed by atoms with Crippen LogP contribution in [0.1, 0.15) is 31.0 Å². The van der Waals surface area contributed by atoms with Crippen LogP contribution >= 0.6 is 0 Å². The fraction of sp³-hybridized carbons (Fsp3) is 0.227. The van der Waals surface area contributed by atoms with Gasteiger partial charge in [-0.3, -0.25) is 4.79 Å². The first-order chi connectivity index (χ1) is 14.4. The van der Waals surface area contributed by atoms with Crippen molar-refractivity contribution in [2.75, 3.05) is 7.11 Å². The molecule has 30 heavy (non-hydrogen) atoms. The maximum absolute atomic E-state index is 12.8. The van der Waals surface area contributed by atoms with Crippen LogP contribution in [0, 0.1) is 0 Å². The summed E-state index contributed by atoms with van der Waals surface area (Å²) in [7, 11) is 1.58. The summed E-state index contributed by atoms with van der Waals surface area (Å²) >= 11 is 0. The van der Waals surface area contributed by atoms with Gasteiger partial charge in [-0.1, -0.05) is 24.3 Å². The van der Waals surface area contributed by atoms with Gasteiger partial charge in [-0.25, -0.2) is 9.59 Å². The number of urea groups is 1. The number of nitrogens with one attached hydrogen (secondary N) is 2. The molecule has 8 nitrogen and oxygen atoms in total. The molecule has 156 valence electrons. The van der Waals surface area contributed by atoms with Crippen LogP contribution in [0.2, 0.25) is 0 Å². The number of carbonyl (C=O) groups is 3. The minimum atomic E-state index is -0.700. The third-order valence-electron chi connectivity index (χ3n) is 4.49. The minimum Gasteiger partial charge on any atom is -0.497 e. The Morgan fingerprint density at radius 3 is 2.23 bits per heavy atom. The summed E-state index contributed by atoms with van der Waals surface area (Å²) < 4.78 is 15.6. The van der Waals surface area contributed by atoms with Crippen molar-refractivity contribution < 1.29 is 28.6 Å². The average molecular weight is 410 g/mol. The van der Waals surface area contributed by atoms with Gasteiger partial charge in [0.05, 0.1) is 18.7 Å². The maximum Gasteiger partial charge on any atom is 0.338 e. The zero-order chi connectivity index (χ0) is 21.7. The molecule has 2 N–H and O–H groups in total. The van der Waals surface area contributed by atoms with Gasteiger partial charge < -0.3 is 24.8 Å². The number of methoxy groups -OCH3 is 1. The molecule has 2 aromatic carbocycles. The molecule has 0 aromatic heterocycles. The van der Waals surface area contributed by atoms with E-state index in [2.05, 4.69) is 10.6 Å². The van der Waals surface area contributed by atoms with E-state index < -0.39 is 24.0 Å². The Morgan fingerprint density at radius 1 is 1.00 bits per heavy atom. The number of allylic oxidation sites excluding steroid dienone is 1. The molecule has 0 bridgehead atoms. The van der Waals surface area contributed by atoms with Crippen molar-refractivity contribution in [1.82, 2.24) is 10.6 Å². The molecule has 0 aliphatic carbocycles. The molecule has 2 amide bonds. The number of hydrogen-bond donors (Lipinski definition) is 2. The second kappa shape index (κ2) is 9.13. The van der Waals surface area contributed by atoms with Gasteiger partial charge >= 0.3 is 18.0 Å². The predicted molar refractivity (Wildman–Crippen MR) is 108 cm³/mol. The van der Waals surface area contributed by atoms with Crippen molar-refractivity contribution in [2.24, 2.45) is 0 Å². The summed E-state index contributed by atoms with van der Waals surface area (Å²) in [6.45, 7) is 3.03. The standard InChI is InChI=1S/C22H22N2O6/c1-13-19(21(26)29-12-15-4-8-17(28-3)9-5-15)20(24-22(27)23-13)16-6-10-18(11-7-16)30-14(2)25/h4-11,20H,12H2,1-3H3,(H2,23,24,27). The first kappa shape index (κ1) is 20.9. The molecule has 0 saturated carbocycles. The second-order valence-corrected chi connectivity index (χ2v) is 6.66. The molecule has 8 heteroatoms. The lowest BCUT2D eigenvalue weighted by molar-refractivity contribution is -0.140. The summed E-state index contributed by atoms with van der Waals surface area (Å²) in [5, 5.41) is 5.34. The monoisotopic (exact) mass is 410 g/mol. The largest absolute Gasteiger partial charge is 0.497 e. The molecule has 0 spiro atoms. The van der Waals surface area contributed by atoms with Gasteiger partial charge in [-0.05, 0) is 42.3 Å². The van der Waals surface area contributed by atoms with E-state index in [1.807, 2.05) is 0 Å². The van der Waals surface area contributed by atoms with Crippen LogP contribution in [0.5, 0.6) is 11.5 Å². The van der Waals surface area contributed by atoms with Gasteiger partial charge in [0.15, 0.2) is 0 Å². The minimum absolute atomic E-state index is 0.0751. The number of rotatable bonds is 6. The van der Waals surface area contributed by atoms with Crippen LogP contribution < -0.4 is 20.1 Å². The number of amides is 2. The molecule has 0 radical (unpaired) electrons. The van der Waals surface area contributed by atoms with Crippen LogP contribution in [-0.4, -0.2) is 25.1 Å². The fourth-order valence-electron chi connectivity index (χ4n) is 3.06. The van der Waals surface area contributed by atoms with Gasteiger partial charge in [0, 0.05) is 12.6 Å². The summed E-state index contributed by atoms with van der Waals surface area (Å²) in [5.41, 5.74) is 2.16. The van der Waals surface area contributed by atoms with E-state index in [1.165, 1.54) is 6.92 Å². The molecule has 1 aliphatic heterocycles. The molecule has 0 saturated heterocycles. The van der Waals surface area contributed by atoms with Crippen molar-refractivity contribution in [3.05, 3.63) is 70.9 Å². The zero-order valence-corrected chi connectivity index (χ0v) is 16.9. The van der Waals surface area contributed by atoms with E-state index in [0.29, 0.717) is 28.3 Å². The molecule has 1 atom stereocenters. The zero-order valence-electron chi connectivity index (χ0n) is 16.9. The highest BCUT2D eigenvalue weighted by molar-refractivity contribution is 5.95. The molecular formula is C22H22N2O6. The lowest BCUT2D eigenvalue weighted by atomic mass is 9.95. The Kier molecular flexibility index (Phi) is 6.36. The SMILES string of the molecule is COc1ccc(COC(=O)C2=C(C)NC(=O)NC2c2ccc(OC(C)=O)cc2)cc1. The quantitative estimate of drug-likeness (QED) is 0.561. The number of carbonyl (C=O) groups excluding carboxylic acids is 3. The lowest BCUT2D eigenvalue weighted by Crippen LogP contribution is -2.45. The van der Waals surface area contributed by atoms with Gasteiger partial charge in [-0.2, -0.15) is 0 Å². The Morgan fingerprint density at radius 2 is 1.63 bits per heavy atom. The third-order valence-corrected chi connectivity index (χ3v) is 4.49. The van der Waals surface area contributed by atoms with Crippen molar-refractivity contribution in [3.8, 4) is 11.5 Å². The van der Waals surface area contributed by atoms with Crippen LogP contribution in [0.15, 0.2) is 59.8 Å². The van der Waals surface area contributed by atoms with Crippen molar-refractivity contribution in [3.63, 3.8) is 0 Å². The van der Waals surface area contributed by atoms with Crippen LogP contribution in [0.4, 0.5) is 4.79 Å². The smallest absolute Gasteiger partial charge is 0.338 e. The first-order valence-corrected chi connectivity index (χ1v) is 9.24. The third kappa shape index (κ3) is 4.96. The van der Waals surface area contributed by atoms with Gasteiger partial charge in [0.1, 0.15) is 18.1 Å². The van der Waals surface area contributed by atoms with E-state index in [9.17, 15) is 14.4 Å². The number of benzene rings is 2. The maximum atomic E-state index is 12.8. The van der Waals surface area contributed by atoms with E-state index >= 15 is 0 Å². The number of esters is 2.